The quantitative estimate of drug-likeness (QED) is 0.791. The summed E-state index contributed by atoms with van der Waals surface area (Å²) in [6.45, 7) is 0.462. The van der Waals surface area contributed by atoms with Gasteiger partial charge < -0.3 is 9.64 Å². The van der Waals surface area contributed by atoms with Crippen LogP contribution in [-0.4, -0.2) is 31.5 Å². The molecule has 0 heterocycles. The third-order valence-corrected chi connectivity index (χ3v) is 2.84. The number of amides is 1. The van der Waals surface area contributed by atoms with Gasteiger partial charge in [0.1, 0.15) is 11.6 Å². The van der Waals surface area contributed by atoms with Gasteiger partial charge >= 0.3 is 0 Å². The molecule has 4 nitrogen and oxygen atoms in total. The third-order valence-electron chi connectivity index (χ3n) is 2.84. The highest BCUT2D eigenvalue weighted by Crippen LogP contribution is 2.20. The van der Waals surface area contributed by atoms with Crippen LogP contribution in [0, 0.1) is 17.1 Å². The summed E-state index contributed by atoms with van der Waals surface area (Å²) >= 11 is 0. The van der Waals surface area contributed by atoms with E-state index in [9.17, 15) is 9.18 Å². The molecular weight excluding hydrogens is 247 g/mol. The van der Waals surface area contributed by atoms with Crippen LogP contribution in [0.1, 0.15) is 18.4 Å². The highest BCUT2D eigenvalue weighted by atomic mass is 19.1. The van der Waals surface area contributed by atoms with Gasteiger partial charge in [-0.15, -0.1) is 0 Å². The molecular formula is C14H17FN2O2. The summed E-state index contributed by atoms with van der Waals surface area (Å²) in [5, 5.41) is 8.42. The molecule has 0 aromatic heterocycles. The Kier molecular flexibility index (Phi) is 5.80. The average Bonchev–Trinajstić information content (AvgIpc) is 2.42. The first-order valence-electron chi connectivity index (χ1n) is 6.01. The lowest BCUT2D eigenvalue weighted by molar-refractivity contribution is -0.129. The molecule has 1 amide bonds. The Morgan fingerprint density at radius 2 is 2.26 bits per heavy atom. The first kappa shape index (κ1) is 15.0. The fourth-order valence-electron chi connectivity index (χ4n) is 1.71. The van der Waals surface area contributed by atoms with E-state index in [-0.39, 0.29) is 24.6 Å². The molecule has 0 saturated heterocycles. The summed E-state index contributed by atoms with van der Waals surface area (Å²) in [6, 6.07) is 6.25. The Balaban J connectivity index is 2.59. The van der Waals surface area contributed by atoms with E-state index in [1.54, 1.807) is 18.0 Å². The van der Waals surface area contributed by atoms with Crippen molar-refractivity contribution in [1.82, 2.24) is 4.90 Å². The van der Waals surface area contributed by atoms with Crippen LogP contribution >= 0.6 is 0 Å². The molecule has 0 aliphatic carbocycles. The van der Waals surface area contributed by atoms with Crippen LogP contribution in [-0.2, 0) is 11.2 Å². The zero-order valence-corrected chi connectivity index (χ0v) is 11.1. The summed E-state index contributed by atoms with van der Waals surface area (Å²) in [5.41, 5.74) is 0.724. The lowest BCUT2D eigenvalue weighted by Crippen LogP contribution is -2.28. The van der Waals surface area contributed by atoms with Crippen molar-refractivity contribution in [3.8, 4) is 11.8 Å². The maximum absolute atomic E-state index is 13.2. The molecule has 102 valence electrons. The van der Waals surface area contributed by atoms with Crippen LogP contribution in [0.25, 0.3) is 0 Å². The predicted molar refractivity (Wildman–Crippen MR) is 69.1 cm³/mol. The number of halogens is 1. The third kappa shape index (κ3) is 4.59. The zero-order valence-electron chi connectivity index (χ0n) is 11.1. The van der Waals surface area contributed by atoms with E-state index in [0.29, 0.717) is 18.7 Å². The Morgan fingerprint density at radius 3 is 2.89 bits per heavy atom. The molecule has 0 aliphatic heterocycles. The van der Waals surface area contributed by atoms with Crippen LogP contribution in [0.2, 0.25) is 0 Å². The minimum absolute atomic E-state index is 0.0862. The number of nitriles is 1. The molecule has 1 rings (SSSR count). The second kappa shape index (κ2) is 7.37. The fraction of sp³-hybridized carbons (Fsp3) is 0.429. The number of rotatable bonds is 6. The van der Waals surface area contributed by atoms with E-state index in [2.05, 4.69) is 0 Å². The largest absolute Gasteiger partial charge is 0.496 e. The zero-order chi connectivity index (χ0) is 14.3. The Hall–Kier alpha value is -2.09. The molecule has 1 aromatic carbocycles. The molecule has 0 atom stereocenters. The number of hydrogen-bond acceptors (Lipinski definition) is 3. The van der Waals surface area contributed by atoms with Crippen molar-refractivity contribution in [3.63, 3.8) is 0 Å². The summed E-state index contributed by atoms with van der Waals surface area (Å²) < 4.78 is 18.3. The molecule has 0 bridgehead atoms. The average molecular weight is 264 g/mol. The molecule has 19 heavy (non-hydrogen) atoms. The maximum Gasteiger partial charge on any atom is 0.223 e. The second-order valence-electron chi connectivity index (χ2n) is 4.18. The van der Waals surface area contributed by atoms with Crippen molar-refractivity contribution in [2.45, 2.75) is 19.3 Å². The van der Waals surface area contributed by atoms with Crippen LogP contribution in [0.15, 0.2) is 18.2 Å². The number of likely N-dealkylation sites (N-methyl/N-ethyl adjacent to an activating group) is 1. The minimum atomic E-state index is -0.325. The van der Waals surface area contributed by atoms with Crippen LogP contribution in [0.3, 0.4) is 0 Å². The first-order valence-corrected chi connectivity index (χ1v) is 6.01. The standard InChI is InChI=1S/C14H17FN2O2/c1-17(14(18)4-3-8-16)9-7-11-10-12(15)5-6-13(11)19-2/h5-6,10H,3-4,7,9H2,1-2H3. The highest BCUT2D eigenvalue weighted by Gasteiger charge is 2.10. The molecule has 0 aliphatic rings. The number of nitrogens with zero attached hydrogens (tertiary/aromatic N) is 2. The van der Waals surface area contributed by atoms with Gasteiger partial charge in [-0.25, -0.2) is 4.39 Å². The highest BCUT2D eigenvalue weighted by molar-refractivity contribution is 5.76. The van der Waals surface area contributed by atoms with E-state index in [1.165, 1.54) is 19.2 Å². The van der Waals surface area contributed by atoms with Gasteiger partial charge in [-0.3, -0.25) is 4.79 Å². The van der Waals surface area contributed by atoms with Crippen LogP contribution < -0.4 is 4.74 Å². The molecule has 0 fully saturated rings. The first-order chi connectivity index (χ1) is 9.08. The van der Waals surface area contributed by atoms with Gasteiger partial charge in [0, 0.05) is 26.4 Å². The summed E-state index contributed by atoms with van der Waals surface area (Å²) in [7, 11) is 3.20. The van der Waals surface area contributed by atoms with Crippen molar-refractivity contribution >= 4 is 5.91 Å². The molecule has 1 aromatic rings. The van der Waals surface area contributed by atoms with E-state index >= 15 is 0 Å². The van der Waals surface area contributed by atoms with Gasteiger partial charge in [0.25, 0.3) is 0 Å². The number of ether oxygens (including phenoxy) is 1. The van der Waals surface area contributed by atoms with Crippen LogP contribution in [0.5, 0.6) is 5.75 Å². The predicted octanol–water partition coefficient (Wildman–Crippen LogP) is 2.14. The van der Waals surface area contributed by atoms with Gasteiger partial charge in [0.2, 0.25) is 5.91 Å². The number of benzene rings is 1. The van der Waals surface area contributed by atoms with Crippen molar-refractivity contribution in [3.05, 3.63) is 29.6 Å². The topological polar surface area (TPSA) is 53.3 Å². The lowest BCUT2D eigenvalue weighted by Gasteiger charge is -2.17. The van der Waals surface area contributed by atoms with Gasteiger partial charge in [0.05, 0.1) is 13.2 Å². The summed E-state index contributed by atoms with van der Waals surface area (Å²) in [5.74, 6) is 0.199. The van der Waals surface area contributed by atoms with E-state index in [1.807, 2.05) is 6.07 Å². The fourth-order valence-corrected chi connectivity index (χ4v) is 1.71. The number of hydrogen-bond donors (Lipinski definition) is 0. The van der Waals surface area contributed by atoms with Crippen molar-refractivity contribution in [2.75, 3.05) is 20.7 Å². The Bertz CT molecular complexity index is 483. The Labute approximate surface area is 112 Å². The van der Waals surface area contributed by atoms with E-state index < -0.39 is 0 Å². The monoisotopic (exact) mass is 264 g/mol. The van der Waals surface area contributed by atoms with Crippen molar-refractivity contribution in [2.24, 2.45) is 0 Å². The summed E-state index contributed by atoms with van der Waals surface area (Å²) in [6.07, 6.45) is 0.940. The lowest BCUT2D eigenvalue weighted by atomic mass is 10.1. The molecule has 0 N–H and O–H groups in total. The number of carbonyl (C=O) groups is 1. The van der Waals surface area contributed by atoms with Crippen molar-refractivity contribution in [1.29, 1.82) is 5.26 Å². The van der Waals surface area contributed by atoms with Crippen molar-refractivity contribution < 1.29 is 13.9 Å². The number of methoxy groups -OCH3 is 1. The number of carbonyl (C=O) groups excluding carboxylic acids is 1. The van der Waals surface area contributed by atoms with Gasteiger partial charge in [-0.05, 0) is 30.2 Å². The Morgan fingerprint density at radius 1 is 1.53 bits per heavy atom. The summed E-state index contributed by atoms with van der Waals surface area (Å²) in [4.78, 5) is 13.2. The van der Waals surface area contributed by atoms with Gasteiger partial charge in [-0.2, -0.15) is 5.26 Å². The van der Waals surface area contributed by atoms with Gasteiger partial charge in [-0.1, -0.05) is 0 Å². The maximum atomic E-state index is 13.2. The normalized spacial score (nSPS) is 9.79. The molecule has 0 radical (unpaired) electrons. The van der Waals surface area contributed by atoms with Gasteiger partial charge in [0.15, 0.2) is 0 Å². The SMILES string of the molecule is COc1ccc(F)cc1CCN(C)C(=O)CCC#N. The molecule has 0 saturated carbocycles. The molecule has 5 heteroatoms. The second-order valence-corrected chi connectivity index (χ2v) is 4.18. The van der Waals surface area contributed by atoms with Crippen LogP contribution in [0.4, 0.5) is 4.39 Å². The van der Waals surface area contributed by atoms with E-state index in [4.69, 9.17) is 10.00 Å². The molecule has 0 spiro atoms. The molecule has 0 unspecified atom stereocenters. The smallest absolute Gasteiger partial charge is 0.223 e. The van der Waals surface area contributed by atoms with E-state index in [0.717, 1.165) is 5.56 Å². The minimum Gasteiger partial charge on any atom is -0.496 e.